The molecular formula is C26H31ClN4O. The third-order valence-electron chi connectivity index (χ3n) is 7.20. The Morgan fingerprint density at radius 2 is 1.94 bits per heavy atom. The number of aromatic nitrogens is 2. The van der Waals surface area contributed by atoms with Crippen LogP contribution in [0.5, 0.6) is 0 Å². The maximum absolute atomic E-state index is 13.4. The lowest BCUT2D eigenvalue weighted by Gasteiger charge is -2.47. The van der Waals surface area contributed by atoms with Crippen molar-refractivity contribution in [3.8, 4) is 0 Å². The van der Waals surface area contributed by atoms with E-state index < -0.39 is 0 Å². The number of carbonyl (C=O) groups excluding carboxylic acids is 1. The number of amides is 1. The van der Waals surface area contributed by atoms with Crippen molar-refractivity contribution in [1.82, 2.24) is 15.1 Å². The Balaban J connectivity index is 1.49. The SMILES string of the molecule is NCC1(C2C=CC=C(Cl)C2)CCC(N(CCc2ccccc2)C(=O)c2ccnnc2)CC1. The molecule has 1 aromatic carbocycles. The molecule has 5 nitrogen and oxygen atoms in total. The molecule has 4 rings (SSSR count). The maximum Gasteiger partial charge on any atom is 0.255 e. The molecule has 1 saturated carbocycles. The molecule has 1 heterocycles. The van der Waals surface area contributed by atoms with Crippen molar-refractivity contribution < 1.29 is 4.79 Å². The molecule has 1 amide bonds. The Morgan fingerprint density at radius 1 is 1.16 bits per heavy atom. The minimum atomic E-state index is 0.0321. The molecule has 2 aliphatic carbocycles. The Bertz CT molecular complexity index is 952. The Labute approximate surface area is 195 Å². The normalized spacial score (nSPS) is 25.2. The van der Waals surface area contributed by atoms with Crippen molar-refractivity contribution in [3.05, 3.63) is 83.2 Å². The van der Waals surface area contributed by atoms with Gasteiger partial charge in [0.15, 0.2) is 0 Å². The average molecular weight is 451 g/mol. The Morgan fingerprint density at radius 3 is 2.59 bits per heavy atom. The number of allylic oxidation sites excluding steroid dienone is 4. The number of carbonyl (C=O) groups is 1. The number of hydrogen-bond donors (Lipinski definition) is 1. The van der Waals surface area contributed by atoms with Gasteiger partial charge in [0.2, 0.25) is 0 Å². The fourth-order valence-electron chi connectivity index (χ4n) is 5.20. The van der Waals surface area contributed by atoms with Gasteiger partial charge in [-0.15, -0.1) is 0 Å². The zero-order valence-corrected chi connectivity index (χ0v) is 19.1. The predicted octanol–water partition coefficient (Wildman–Crippen LogP) is 4.75. The van der Waals surface area contributed by atoms with Crippen molar-refractivity contribution >= 4 is 17.5 Å². The third-order valence-corrected chi connectivity index (χ3v) is 7.48. The van der Waals surface area contributed by atoms with E-state index in [1.54, 1.807) is 18.5 Å². The van der Waals surface area contributed by atoms with E-state index in [0.29, 0.717) is 24.6 Å². The number of nitrogens with zero attached hydrogens (tertiary/aromatic N) is 3. The van der Waals surface area contributed by atoms with Gasteiger partial charge in [0, 0.05) is 17.6 Å². The number of hydrogen-bond acceptors (Lipinski definition) is 4. The van der Waals surface area contributed by atoms with Crippen LogP contribution in [0.15, 0.2) is 72.1 Å². The van der Waals surface area contributed by atoms with Crippen molar-refractivity contribution in [2.75, 3.05) is 13.1 Å². The minimum Gasteiger partial charge on any atom is -0.335 e. The summed E-state index contributed by atoms with van der Waals surface area (Å²) in [5.74, 6) is 0.397. The lowest BCUT2D eigenvalue weighted by atomic mass is 9.63. The van der Waals surface area contributed by atoms with Gasteiger partial charge in [0.1, 0.15) is 0 Å². The number of rotatable bonds is 7. The van der Waals surface area contributed by atoms with E-state index in [-0.39, 0.29) is 17.4 Å². The van der Waals surface area contributed by atoms with Crippen LogP contribution in [0.4, 0.5) is 0 Å². The lowest BCUT2D eigenvalue weighted by Crippen LogP contribution is -2.48. The Hall–Kier alpha value is -2.50. The second-order valence-electron chi connectivity index (χ2n) is 8.97. The summed E-state index contributed by atoms with van der Waals surface area (Å²) < 4.78 is 0. The molecule has 0 bridgehead atoms. The van der Waals surface area contributed by atoms with E-state index in [1.807, 2.05) is 29.2 Å². The van der Waals surface area contributed by atoms with Crippen LogP contribution >= 0.6 is 11.6 Å². The van der Waals surface area contributed by atoms with Crippen LogP contribution < -0.4 is 5.73 Å². The first-order chi connectivity index (χ1) is 15.6. The summed E-state index contributed by atoms with van der Waals surface area (Å²) in [6, 6.07) is 12.3. The summed E-state index contributed by atoms with van der Waals surface area (Å²) in [5.41, 5.74) is 8.21. The summed E-state index contributed by atoms with van der Waals surface area (Å²) in [7, 11) is 0. The number of nitrogens with two attached hydrogens (primary N) is 1. The Kier molecular flexibility index (Phi) is 7.38. The van der Waals surface area contributed by atoms with Gasteiger partial charge >= 0.3 is 0 Å². The predicted molar refractivity (Wildman–Crippen MR) is 128 cm³/mol. The van der Waals surface area contributed by atoms with Crippen LogP contribution in [0.2, 0.25) is 0 Å². The maximum atomic E-state index is 13.4. The summed E-state index contributed by atoms with van der Waals surface area (Å²) in [6.07, 6.45) is 15.0. The van der Waals surface area contributed by atoms with E-state index in [9.17, 15) is 4.79 Å². The topological polar surface area (TPSA) is 72.1 Å². The minimum absolute atomic E-state index is 0.0321. The highest BCUT2D eigenvalue weighted by molar-refractivity contribution is 6.29. The molecule has 6 heteroatoms. The van der Waals surface area contributed by atoms with Gasteiger partial charge in [-0.05, 0) is 74.1 Å². The molecular weight excluding hydrogens is 420 g/mol. The fourth-order valence-corrected chi connectivity index (χ4v) is 5.44. The van der Waals surface area contributed by atoms with Gasteiger partial charge in [0.05, 0.1) is 18.0 Å². The summed E-state index contributed by atoms with van der Waals surface area (Å²) >= 11 is 6.34. The lowest BCUT2D eigenvalue weighted by molar-refractivity contribution is 0.0456. The molecule has 2 aliphatic rings. The molecule has 2 N–H and O–H groups in total. The first-order valence-electron chi connectivity index (χ1n) is 11.5. The van der Waals surface area contributed by atoms with E-state index >= 15 is 0 Å². The van der Waals surface area contributed by atoms with Gasteiger partial charge in [-0.3, -0.25) is 4.79 Å². The van der Waals surface area contributed by atoms with Crippen molar-refractivity contribution in [1.29, 1.82) is 0 Å². The molecule has 1 aromatic heterocycles. The standard InChI is InChI=1S/C26H31ClN4O/c27-23-8-4-7-22(17-23)26(19-28)13-9-24(10-14-26)31(16-12-20-5-2-1-3-6-20)25(32)21-11-15-29-30-18-21/h1-8,11,15,18,22,24H,9-10,12-14,16-17,19,28H2. The van der Waals surface area contributed by atoms with Crippen molar-refractivity contribution in [2.24, 2.45) is 17.1 Å². The van der Waals surface area contributed by atoms with Crippen molar-refractivity contribution in [2.45, 2.75) is 44.6 Å². The molecule has 0 saturated heterocycles. The molecule has 0 spiro atoms. The van der Waals surface area contributed by atoms with Crippen LogP contribution in [0.25, 0.3) is 0 Å². The van der Waals surface area contributed by atoms with E-state index in [1.165, 1.54) is 5.56 Å². The van der Waals surface area contributed by atoms with E-state index in [4.69, 9.17) is 17.3 Å². The van der Waals surface area contributed by atoms with Gasteiger partial charge in [0.25, 0.3) is 5.91 Å². The quantitative estimate of drug-likeness (QED) is 0.660. The largest absolute Gasteiger partial charge is 0.335 e. The van der Waals surface area contributed by atoms with Gasteiger partial charge < -0.3 is 10.6 Å². The molecule has 168 valence electrons. The van der Waals surface area contributed by atoms with Crippen LogP contribution in [-0.4, -0.2) is 40.1 Å². The monoisotopic (exact) mass is 450 g/mol. The van der Waals surface area contributed by atoms with Gasteiger partial charge in [-0.1, -0.05) is 54.1 Å². The third kappa shape index (κ3) is 5.11. The molecule has 32 heavy (non-hydrogen) atoms. The average Bonchev–Trinajstić information content (AvgIpc) is 2.85. The van der Waals surface area contributed by atoms with Crippen LogP contribution in [0.3, 0.4) is 0 Å². The first-order valence-corrected chi connectivity index (χ1v) is 11.8. The number of benzene rings is 1. The number of halogens is 1. The highest BCUT2D eigenvalue weighted by Crippen LogP contribution is 2.47. The molecule has 0 aliphatic heterocycles. The zero-order valence-electron chi connectivity index (χ0n) is 18.4. The van der Waals surface area contributed by atoms with Crippen molar-refractivity contribution in [3.63, 3.8) is 0 Å². The highest BCUT2D eigenvalue weighted by Gasteiger charge is 2.42. The van der Waals surface area contributed by atoms with Gasteiger partial charge in [-0.2, -0.15) is 10.2 Å². The summed E-state index contributed by atoms with van der Waals surface area (Å²) in [6.45, 7) is 1.33. The molecule has 0 radical (unpaired) electrons. The second-order valence-corrected chi connectivity index (χ2v) is 9.46. The van der Waals surface area contributed by atoms with Crippen LogP contribution in [0.1, 0.15) is 48.0 Å². The molecule has 2 aromatic rings. The molecule has 1 atom stereocenters. The fraction of sp³-hybridized carbons (Fsp3) is 0.423. The van der Waals surface area contributed by atoms with Gasteiger partial charge in [-0.25, -0.2) is 0 Å². The summed E-state index contributed by atoms with van der Waals surface area (Å²) in [5, 5.41) is 8.64. The molecule has 1 unspecified atom stereocenters. The smallest absolute Gasteiger partial charge is 0.255 e. The molecule has 1 fully saturated rings. The zero-order chi connectivity index (χ0) is 22.4. The van der Waals surface area contributed by atoms with E-state index in [0.717, 1.165) is 43.6 Å². The summed E-state index contributed by atoms with van der Waals surface area (Å²) in [4.78, 5) is 15.5. The second kappa shape index (κ2) is 10.4. The van der Waals surface area contributed by atoms with Crippen LogP contribution in [-0.2, 0) is 6.42 Å². The highest BCUT2D eigenvalue weighted by atomic mass is 35.5. The first kappa shape index (κ1) is 22.7. The van der Waals surface area contributed by atoms with E-state index in [2.05, 4.69) is 34.5 Å². The van der Waals surface area contributed by atoms with Crippen LogP contribution in [0, 0.1) is 11.3 Å².